The molecule has 5 N–H and O–H groups in total. The van der Waals surface area contributed by atoms with E-state index in [1.165, 1.54) is 24.3 Å². The number of esters is 1. The molecule has 0 bridgehead atoms. The molecule has 0 saturated carbocycles. The molecule has 0 radical (unpaired) electrons. The minimum Gasteiger partial charge on any atom is -0.462 e. The molecular formula is C25H24ClN4O6+. The maximum Gasteiger partial charge on any atom is 0.338 e. The first-order valence-electron chi connectivity index (χ1n) is 11.5. The van der Waals surface area contributed by atoms with Crippen LogP contribution in [0.1, 0.15) is 34.8 Å². The highest BCUT2D eigenvalue weighted by molar-refractivity contribution is 6.35. The summed E-state index contributed by atoms with van der Waals surface area (Å²) in [5.74, 6) is -4.81. The van der Waals surface area contributed by atoms with Crippen LogP contribution in [0.25, 0.3) is 0 Å². The number of halogens is 1. The molecule has 2 saturated heterocycles. The van der Waals surface area contributed by atoms with Crippen LogP contribution in [0.4, 0.5) is 11.4 Å². The number of benzene rings is 2. The molecule has 11 heteroatoms. The summed E-state index contributed by atoms with van der Waals surface area (Å²) in [5.41, 5.74) is 6.18. The van der Waals surface area contributed by atoms with Crippen molar-refractivity contribution >= 4 is 52.6 Å². The van der Waals surface area contributed by atoms with Crippen molar-refractivity contribution in [2.45, 2.75) is 31.8 Å². The van der Waals surface area contributed by atoms with Gasteiger partial charge in [0.2, 0.25) is 23.3 Å². The first-order chi connectivity index (χ1) is 17.1. The molecule has 10 nitrogen and oxygen atoms in total. The Balaban J connectivity index is 1.61. The second kappa shape index (κ2) is 8.42. The number of hydrogen-bond acceptors (Lipinski definition) is 6. The molecule has 2 aromatic rings. The summed E-state index contributed by atoms with van der Waals surface area (Å²) in [7, 11) is 0. The zero-order valence-electron chi connectivity index (χ0n) is 19.5. The van der Waals surface area contributed by atoms with E-state index in [0.717, 1.165) is 10.5 Å². The van der Waals surface area contributed by atoms with E-state index in [2.05, 4.69) is 5.32 Å². The summed E-state index contributed by atoms with van der Waals surface area (Å²) in [6, 6.07) is 8.62. The van der Waals surface area contributed by atoms with E-state index in [1.807, 2.05) is 6.92 Å². The minimum atomic E-state index is -1.48. The Morgan fingerprint density at radius 1 is 1.17 bits per heavy atom. The number of hydrogen-bond donors (Lipinski definition) is 3. The zero-order valence-corrected chi connectivity index (χ0v) is 20.3. The summed E-state index contributed by atoms with van der Waals surface area (Å²) in [6.45, 7) is 3.71. The average Bonchev–Trinajstić information content (AvgIpc) is 3.39. The Kier molecular flexibility index (Phi) is 5.60. The molecule has 5 rings (SSSR count). The van der Waals surface area contributed by atoms with Gasteiger partial charge < -0.3 is 21.1 Å². The number of rotatable bonds is 5. The second-order valence-corrected chi connectivity index (χ2v) is 9.68. The lowest BCUT2D eigenvalue weighted by Crippen LogP contribution is -2.99. The van der Waals surface area contributed by atoms with Gasteiger partial charge in [0.1, 0.15) is 17.9 Å². The molecule has 36 heavy (non-hydrogen) atoms. The van der Waals surface area contributed by atoms with Crippen molar-refractivity contribution in [2.24, 2.45) is 17.6 Å². The van der Waals surface area contributed by atoms with Crippen molar-refractivity contribution in [1.29, 1.82) is 0 Å². The third-order valence-corrected chi connectivity index (χ3v) is 7.45. The van der Waals surface area contributed by atoms with Crippen LogP contribution in [-0.2, 0) is 29.5 Å². The van der Waals surface area contributed by atoms with Crippen LogP contribution in [0.15, 0.2) is 36.4 Å². The second-order valence-electron chi connectivity index (χ2n) is 9.28. The van der Waals surface area contributed by atoms with E-state index in [9.17, 15) is 24.0 Å². The van der Waals surface area contributed by atoms with Crippen molar-refractivity contribution in [2.75, 3.05) is 16.8 Å². The van der Waals surface area contributed by atoms with Gasteiger partial charge in [-0.3, -0.25) is 19.2 Å². The van der Waals surface area contributed by atoms with E-state index in [-0.39, 0.29) is 24.3 Å². The van der Waals surface area contributed by atoms with Gasteiger partial charge in [-0.05, 0) is 55.8 Å². The quantitative estimate of drug-likeness (QED) is 0.395. The highest BCUT2D eigenvalue weighted by Crippen LogP contribution is 2.51. The van der Waals surface area contributed by atoms with Gasteiger partial charge in [-0.15, -0.1) is 0 Å². The van der Waals surface area contributed by atoms with Crippen molar-refractivity contribution in [3.05, 3.63) is 58.1 Å². The average molecular weight is 512 g/mol. The lowest BCUT2D eigenvalue weighted by atomic mass is 9.76. The van der Waals surface area contributed by atoms with Crippen LogP contribution in [-0.4, -0.2) is 42.2 Å². The Hall–Kier alpha value is -3.76. The summed E-state index contributed by atoms with van der Waals surface area (Å²) in [6.07, 6.45) is -0.195. The largest absolute Gasteiger partial charge is 0.462 e. The summed E-state index contributed by atoms with van der Waals surface area (Å²) in [5, 5.41) is 4.73. The maximum absolute atomic E-state index is 13.9. The molecule has 2 fully saturated rings. The molecular weight excluding hydrogens is 488 g/mol. The Morgan fingerprint density at radius 2 is 1.86 bits per heavy atom. The third kappa shape index (κ3) is 3.32. The topological polar surface area (TPSA) is 152 Å². The predicted octanol–water partition coefficient (Wildman–Crippen LogP) is 0.599. The Morgan fingerprint density at radius 3 is 2.50 bits per heavy atom. The molecule has 3 heterocycles. The van der Waals surface area contributed by atoms with Gasteiger partial charge in [0, 0.05) is 5.56 Å². The SMILES string of the molecule is CCOC(=O)c1ccc(N2C(=O)[C@H]3[C@@H](CC(N)=O)[NH2+][C@@]4(C(=O)Nc5c(Cl)cc(C)cc54)[C@H]3C2=O)cc1. The molecule has 0 aliphatic carbocycles. The lowest BCUT2D eigenvalue weighted by Gasteiger charge is -2.26. The fourth-order valence-electron chi connectivity index (χ4n) is 5.79. The molecule has 186 valence electrons. The lowest BCUT2D eigenvalue weighted by molar-refractivity contribution is -0.732. The molecule has 1 spiro atoms. The Labute approximate surface area is 211 Å². The number of carbonyl (C=O) groups is 5. The van der Waals surface area contributed by atoms with Gasteiger partial charge >= 0.3 is 5.97 Å². The van der Waals surface area contributed by atoms with E-state index >= 15 is 0 Å². The van der Waals surface area contributed by atoms with Gasteiger partial charge in [-0.2, -0.15) is 0 Å². The number of imide groups is 1. The van der Waals surface area contributed by atoms with Crippen molar-refractivity contribution in [3.8, 4) is 0 Å². The molecule has 4 atom stereocenters. The molecule has 0 unspecified atom stereocenters. The molecule has 4 amide bonds. The predicted molar refractivity (Wildman–Crippen MR) is 128 cm³/mol. The van der Waals surface area contributed by atoms with Gasteiger partial charge in [-0.1, -0.05) is 11.6 Å². The standard InChI is InChI=1S/C25H23ClN4O6/c1-3-36-23(34)12-4-6-13(7-5-12)30-21(32)18-16(10-17(27)31)29-25(19(18)22(30)33)14-8-11(2)9-15(26)20(14)28-24(25)35/h4-9,16,18-19,29H,3,10H2,1-2H3,(H2,27,31)(H,28,35)/p+1/t16-,18+,19-,25-/m1/s1. The van der Waals surface area contributed by atoms with E-state index in [4.69, 9.17) is 22.1 Å². The van der Waals surface area contributed by atoms with Crippen LogP contribution in [0.5, 0.6) is 0 Å². The van der Waals surface area contributed by atoms with Crippen LogP contribution in [0.3, 0.4) is 0 Å². The monoisotopic (exact) mass is 511 g/mol. The number of carbonyl (C=O) groups excluding carboxylic acids is 5. The van der Waals surface area contributed by atoms with Gasteiger partial charge in [0.15, 0.2) is 0 Å². The van der Waals surface area contributed by atoms with Gasteiger partial charge in [0.25, 0.3) is 5.91 Å². The number of nitrogens with two attached hydrogens (primary N) is 2. The zero-order chi connectivity index (χ0) is 25.9. The minimum absolute atomic E-state index is 0.195. The van der Waals surface area contributed by atoms with Crippen LogP contribution in [0.2, 0.25) is 5.02 Å². The Bertz CT molecular complexity index is 1340. The highest BCUT2D eigenvalue weighted by atomic mass is 35.5. The first kappa shape index (κ1) is 24.0. The fourth-order valence-corrected chi connectivity index (χ4v) is 6.11. The first-order valence-corrected chi connectivity index (χ1v) is 11.9. The smallest absolute Gasteiger partial charge is 0.338 e. The van der Waals surface area contributed by atoms with Gasteiger partial charge in [0.05, 0.1) is 35.0 Å². The van der Waals surface area contributed by atoms with Crippen LogP contribution in [0, 0.1) is 18.8 Å². The maximum atomic E-state index is 13.9. The van der Waals surface area contributed by atoms with Crippen molar-refractivity contribution < 1.29 is 34.0 Å². The molecule has 2 aromatic carbocycles. The van der Waals surface area contributed by atoms with Gasteiger partial charge in [-0.25, -0.2) is 9.69 Å². The number of quaternary nitrogens is 1. The van der Waals surface area contributed by atoms with Crippen molar-refractivity contribution in [1.82, 2.24) is 0 Å². The van der Waals surface area contributed by atoms with E-state index in [0.29, 0.717) is 16.3 Å². The number of fused-ring (bicyclic) bond motifs is 4. The highest BCUT2D eigenvalue weighted by Gasteiger charge is 2.74. The number of aryl methyl sites for hydroxylation is 1. The fraction of sp³-hybridized carbons (Fsp3) is 0.320. The summed E-state index contributed by atoms with van der Waals surface area (Å²) < 4.78 is 4.99. The normalized spacial score (nSPS) is 26.2. The number of amides is 4. The van der Waals surface area contributed by atoms with Crippen LogP contribution >= 0.6 is 11.6 Å². The summed E-state index contributed by atoms with van der Waals surface area (Å²) >= 11 is 6.42. The van der Waals surface area contributed by atoms with E-state index in [1.54, 1.807) is 24.4 Å². The number of nitrogens with zero attached hydrogens (tertiary/aromatic N) is 1. The van der Waals surface area contributed by atoms with E-state index < -0.39 is 53.0 Å². The number of anilines is 2. The molecule has 3 aliphatic heterocycles. The molecule has 3 aliphatic rings. The van der Waals surface area contributed by atoms with Crippen molar-refractivity contribution in [3.63, 3.8) is 0 Å². The third-order valence-electron chi connectivity index (χ3n) is 7.15. The summed E-state index contributed by atoms with van der Waals surface area (Å²) in [4.78, 5) is 66.1. The molecule has 0 aromatic heterocycles. The number of primary amides is 1. The number of ether oxygens (including phenoxy) is 1. The van der Waals surface area contributed by atoms with Crippen LogP contribution < -0.4 is 21.3 Å². The number of nitrogens with one attached hydrogen (secondary N) is 1.